The van der Waals surface area contributed by atoms with Crippen molar-refractivity contribution in [2.45, 2.75) is 71.5 Å². The number of nitrogens with two attached hydrogens (primary N) is 2. The predicted molar refractivity (Wildman–Crippen MR) is 96.7 cm³/mol. The van der Waals surface area contributed by atoms with E-state index in [0.29, 0.717) is 32.2 Å². The van der Waals surface area contributed by atoms with Crippen molar-refractivity contribution in [3.63, 3.8) is 0 Å². The van der Waals surface area contributed by atoms with Gasteiger partial charge in [0.05, 0.1) is 6.04 Å². The van der Waals surface area contributed by atoms with Crippen molar-refractivity contribution >= 4 is 17.8 Å². The van der Waals surface area contributed by atoms with E-state index >= 15 is 0 Å². The Morgan fingerprint density at radius 3 is 2.04 bits per heavy atom. The minimum atomic E-state index is -1.10. The van der Waals surface area contributed by atoms with E-state index in [1.54, 1.807) is 13.8 Å². The van der Waals surface area contributed by atoms with Crippen LogP contribution in [0.25, 0.3) is 0 Å². The van der Waals surface area contributed by atoms with Crippen molar-refractivity contribution in [3.8, 4) is 0 Å². The van der Waals surface area contributed by atoms with Crippen LogP contribution >= 0.6 is 0 Å². The van der Waals surface area contributed by atoms with E-state index in [1.807, 2.05) is 13.8 Å². The Morgan fingerprint density at radius 1 is 1.00 bits per heavy atom. The second-order valence-corrected chi connectivity index (χ2v) is 7.15. The molecule has 8 heteroatoms. The Kier molecular flexibility index (Phi) is 11.0. The molecule has 0 aliphatic rings. The van der Waals surface area contributed by atoms with Gasteiger partial charge in [0.15, 0.2) is 0 Å². The zero-order valence-corrected chi connectivity index (χ0v) is 15.7. The first-order chi connectivity index (χ1) is 11.6. The molecule has 0 radical (unpaired) electrons. The lowest BCUT2D eigenvalue weighted by molar-refractivity contribution is -0.142. The van der Waals surface area contributed by atoms with Gasteiger partial charge in [-0.15, -0.1) is 0 Å². The maximum atomic E-state index is 12.5. The Balaban J connectivity index is 4.86. The quantitative estimate of drug-likeness (QED) is 0.315. The second kappa shape index (κ2) is 11.8. The lowest BCUT2D eigenvalue weighted by atomic mass is 10.00. The zero-order valence-electron chi connectivity index (χ0n) is 15.7. The summed E-state index contributed by atoms with van der Waals surface area (Å²) in [7, 11) is 0. The van der Waals surface area contributed by atoms with Crippen LogP contribution in [0, 0.1) is 11.8 Å². The van der Waals surface area contributed by atoms with Gasteiger partial charge in [-0.1, -0.05) is 27.7 Å². The minimum absolute atomic E-state index is 0.200. The largest absolute Gasteiger partial charge is 0.480 e. The first kappa shape index (κ1) is 23.3. The number of unbranched alkanes of at least 4 members (excludes halogenated alkanes) is 1. The molecule has 0 aromatic rings. The lowest BCUT2D eigenvalue weighted by Gasteiger charge is -2.25. The average molecular weight is 358 g/mol. The Bertz CT molecular complexity index is 440. The Labute approximate surface area is 150 Å². The highest BCUT2D eigenvalue weighted by Gasteiger charge is 2.29. The Morgan fingerprint density at radius 2 is 1.60 bits per heavy atom. The van der Waals surface area contributed by atoms with Gasteiger partial charge in [0, 0.05) is 0 Å². The van der Waals surface area contributed by atoms with Crippen molar-refractivity contribution in [2.75, 3.05) is 6.54 Å². The first-order valence-corrected chi connectivity index (χ1v) is 8.89. The highest BCUT2D eigenvalue weighted by molar-refractivity contribution is 5.91. The highest BCUT2D eigenvalue weighted by atomic mass is 16.4. The molecule has 0 heterocycles. The molecule has 0 saturated carbocycles. The fourth-order valence-electron chi connectivity index (χ4n) is 2.42. The van der Waals surface area contributed by atoms with Gasteiger partial charge in [0.25, 0.3) is 0 Å². The molecule has 0 rings (SSSR count). The van der Waals surface area contributed by atoms with Crippen LogP contribution < -0.4 is 22.1 Å². The molecule has 0 unspecified atom stereocenters. The van der Waals surface area contributed by atoms with Gasteiger partial charge in [0.2, 0.25) is 11.8 Å². The molecule has 0 saturated heterocycles. The SMILES string of the molecule is CC(C)C[C@H](N)C(=O)N[C@H](C(=O)N[C@@H](CCCCN)C(=O)O)C(C)C. The molecule has 25 heavy (non-hydrogen) atoms. The second-order valence-electron chi connectivity index (χ2n) is 7.15. The molecule has 0 bridgehead atoms. The monoisotopic (exact) mass is 358 g/mol. The summed E-state index contributed by atoms with van der Waals surface area (Å²) in [6, 6.07) is -2.53. The van der Waals surface area contributed by atoms with Crippen molar-refractivity contribution in [3.05, 3.63) is 0 Å². The van der Waals surface area contributed by atoms with Crippen molar-refractivity contribution in [2.24, 2.45) is 23.3 Å². The fraction of sp³-hybridized carbons (Fsp3) is 0.824. The third-order valence-corrected chi connectivity index (χ3v) is 3.87. The molecule has 3 atom stereocenters. The molecule has 8 nitrogen and oxygen atoms in total. The number of aliphatic carboxylic acids is 1. The first-order valence-electron chi connectivity index (χ1n) is 8.89. The van der Waals surface area contributed by atoms with Gasteiger partial charge in [-0.25, -0.2) is 4.79 Å². The molecule has 146 valence electrons. The van der Waals surface area contributed by atoms with Crippen molar-refractivity contribution in [1.82, 2.24) is 10.6 Å². The lowest BCUT2D eigenvalue weighted by Crippen LogP contribution is -2.56. The van der Waals surface area contributed by atoms with Gasteiger partial charge in [-0.05, 0) is 44.1 Å². The third-order valence-electron chi connectivity index (χ3n) is 3.87. The molecule has 0 aromatic heterocycles. The summed E-state index contributed by atoms with van der Waals surface area (Å²) >= 11 is 0. The van der Waals surface area contributed by atoms with Gasteiger partial charge in [-0.2, -0.15) is 0 Å². The number of rotatable bonds is 12. The molecule has 0 aliphatic heterocycles. The van der Waals surface area contributed by atoms with E-state index < -0.39 is 35.9 Å². The number of amides is 2. The van der Waals surface area contributed by atoms with E-state index in [1.165, 1.54) is 0 Å². The van der Waals surface area contributed by atoms with E-state index in [9.17, 15) is 19.5 Å². The van der Waals surface area contributed by atoms with Gasteiger partial charge >= 0.3 is 5.97 Å². The van der Waals surface area contributed by atoms with E-state index in [4.69, 9.17) is 11.5 Å². The van der Waals surface area contributed by atoms with Crippen LogP contribution in [0.15, 0.2) is 0 Å². The number of hydrogen-bond donors (Lipinski definition) is 5. The van der Waals surface area contributed by atoms with Crippen LogP contribution in [-0.4, -0.2) is 47.6 Å². The zero-order chi connectivity index (χ0) is 19.6. The molecule has 0 aromatic carbocycles. The number of nitrogens with one attached hydrogen (secondary N) is 2. The summed E-state index contributed by atoms with van der Waals surface area (Å²) < 4.78 is 0. The summed E-state index contributed by atoms with van der Waals surface area (Å²) in [6.07, 6.45) is 2.10. The minimum Gasteiger partial charge on any atom is -0.480 e. The maximum absolute atomic E-state index is 12.5. The van der Waals surface area contributed by atoms with Gasteiger partial charge in [-0.3, -0.25) is 9.59 Å². The molecular formula is C17H34N4O4. The van der Waals surface area contributed by atoms with E-state index in [-0.39, 0.29) is 11.8 Å². The smallest absolute Gasteiger partial charge is 0.326 e. The number of carbonyl (C=O) groups excluding carboxylic acids is 2. The molecular weight excluding hydrogens is 324 g/mol. The molecule has 0 fully saturated rings. The van der Waals surface area contributed by atoms with Gasteiger partial charge < -0.3 is 27.2 Å². The molecule has 2 amide bonds. The van der Waals surface area contributed by atoms with Crippen molar-refractivity contribution < 1.29 is 19.5 Å². The Hall–Kier alpha value is -1.67. The van der Waals surface area contributed by atoms with Crippen LogP contribution in [0.1, 0.15) is 53.4 Å². The number of carboxylic acids is 1. The van der Waals surface area contributed by atoms with Crippen LogP contribution in [0.4, 0.5) is 0 Å². The summed E-state index contributed by atoms with van der Waals surface area (Å²) in [5, 5.41) is 14.4. The topological polar surface area (TPSA) is 148 Å². The average Bonchev–Trinajstić information content (AvgIpc) is 2.50. The molecule has 7 N–H and O–H groups in total. The van der Waals surface area contributed by atoms with E-state index in [0.717, 1.165) is 0 Å². The summed E-state index contributed by atoms with van der Waals surface area (Å²) in [4.78, 5) is 36.0. The van der Waals surface area contributed by atoms with E-state index in [2.05, 4.69) is 10.6 Å². The summed E-state index contributed by atoms with van der Waals surface area (Å²) in [5.74, 6) is -1.96. The van der Waals surface area contributed by atoms with Crippen LogP contribution in [0.3, 0.4) is 0 Å². The number of hydrogen-bond acceptors (Lipinski definition) is 5. The van der Waals surface area contributed by atoms with Crippen LogP contribution in [0.5, 0.6) is 0 Å². The van der Waals surface area contributed by atoms with Crippen LogP contribution in [-0.2, 0) is 14.4 Å². The van der Waals surface area contributed by atoms with Crippen LogP contribution in [0.2, 0.25) is 0 Å². The van der Waals surface area contributed by atoms with Gasteiger partial charge in [0.1, 0.15) is 12.1 Å². The molecule has 0 spiro atoms. The fourth-order valence-corrected chi connectivity index (χ4v) is 2.42. The molecule has 0 aliphatic carbocycles. The predicted octanol–water partition coefficient (Wildman–Crippen LogP) is 0.199. The summed E-state index contributed by atoms with van der Waals surface area (Å²) in [5.41, 5.74) is 11.3. The number of carboxylic acid groups (broad SMARTS) is 1. The highest BCUT2D eigenvalue weighted by Crippen LogP contribution is 2.08. The number of carbonyl (C=O) groups is 3. The normalized spacial score (nSPS) is 14.9. The standard InChI is InChI=1S/C17H34N4O4/c1-10(2)9-12(19)15(22)21-14(11(3)4)16(23)20-13(17(24)25)7-5-6-8-18/h10-14H,5-9,18-19H2,1-4H3,(H,20,23)(H,21,22)(H,24,25)/t12-,13-,14-/m0/s1. The third kappa shape index (κ3) is 9.40. The summed E-state index contributed by atoms with van der Waals surface area (Å²) in [6.45, 7) is 7.95. The van der Waals surface area contributed by atoms with Crippen molar-refractivity contribution in [1.29, 1.82) is 0 Å². The maximum Gasteiger partial charge on any atom is 0.326 e.